The van der Waals surface area contributed by atoms with Gasteiger partial charge in [0.15, 0.2) is 0 Å². The average molecular weight is 470 g/mol. The third-order valence-electron chi connectivity index (χ3n) is 4.24. The Labute approximate surface area is 193 Å². The van der Waals surface area contributed by atoms with Crippen LogP contribution in [0.15, 0.2) is 49.1 Å². The number of halogens is 3. The minimum Gasteiger partial charge on any atom is -0.348 e. The van der Waals surface area contributed by atoms with Crippen LogP contribution in [0.2, 0.25) is 15.1 Å². The van der Waals surface area contributed by atoms with E-state index >= 15 is 0 Å². The molecule has 30 heavy (non-hydrogen) atoms. The summed E-state index contributed by atoms with van der Waals surface area (Å²) < 4.78 is 0. The van der Waals surface area contributed by atoms with E-state index in [1.165, 1.54) is 6.08 Å². The fourth-order valence-electron chi connectivity index (χ4n) is 2.41. The molecule has 2 amide bonds. The Morgan fingerprint density at radius 2 is 1.77 bits per heavy atom. The molecule has 2 rings (SSSR count). The molecule has 1 atom stereocenters. The summed E-state index contributed by atoms with van der Waals surface area (Å²) in [6.07, 6.45) is 3.15. The van der Waals surface area contributed by atoms with Crippen LogP contribution < -0.4 is 10.6 Å². The molecule has 0 bridgehead atoms. The van der Waals surface area contributed by atoms with E-state index in [-0.39, 0.29) is 17.7 Å². The van der Waals surface area contributed by atoms with Gasteiger partial charge in [0, 0.05) is 23.2 Å². The quantitative estimate of drug-likeness (QED) is 0.437. The molecule has 2 aromatic carbocycles. The van der Waals surface area contributed by atoms with Gasteiger partial charge in [0.1, 0.15) is 0 Å². The third-order valence-corrected chi connectivity index (χ3v) is 5.39. The lowest BCUT2D eigenvalue weighted by molar-refractivity contribution is -0.119. The SMILES string of the molecule is C=CC(=O)NCc1ccc(Cl)c(Cl)c1.CCCC(C)C(=O)Nc1ccc(C)c(Cl)c1. The van der Waals surface area contributed by atoms with Crippen molar-refractivity contribution in [1.82, 2.24) is 5.32 Å². The first-order valence-electron chi connectivity index (χ1n) is 9.59. The van der Waals surface area contributed by atoms with Crippen LogP contribution in [0.3, 0.4) is 0 Å². The second kappa shape index (κ2) is 13.3. The smallest absolute Gasteiger partial charge is 0.243 e. The van der Waals surface area contributed by atoms with Crippen molar-refractivity contribution in [1.29, 1.82) is 0 Å². The Kier molecular flexibility index (Phi) is 11.6. The summed E-state index contributed by atoms with van der Waals surface area (Å²) >= 11 is 17.5. The van der Waals surface area contributed by atoms with Gasteiger partial charge >= 0.3 is 0 Å². The highest BCUT2D eigenvalue weighted by Crippen LogP contribution is 2.22. The lowest BCUT2D eigenvalue weighted by atomic mass is 10.1. The van der Waals surface area contributed by atoms with Crippen molar-refractivity contribution >= 4 is 52.3 Å². The number of carbonyl (C=O) groups is 2. The van der Waals surface area contributed by atoms with Crippen LogP contribution in [-0.2, 0) is 16.1 Å². The Morgan fingerprint density at radius 1 is 1.07 bits per heavy atom. The number of benzene rings is 2. The highest BCUT2D eigenvalue weighted by molar-refractivity contribution is 6.42. The van der Waals surface area contributed by atoms with Crippen LogP contribution in [-0.4, -0.2) is 11.8 Å². The van der Waals surface area contributed by atoms with E-state index in [9.17, 15) is 9.59 Å². The minimum atomic E-state index is -0.212. The summed E-state index contributed by atoms with van der Waals surface area (Å²) in [7, 11) is 0. The molecule has 1 unspecified atom stereocenters. The fourth-order valence-corrected chi connectivity index (χ4v) is 2.91. The molecule has 0 saturated heterocycles. The Hall–Kier alpha value is -2.01. The van der Waals surface area contributed by atoms with Crippen LogP contribution in [0.4, 0.5) is 5.69 Å². The van der Waals surface area contributed by atoms with Crippen molar-refractivity contribution in [2.45, 2.75) is 40.2 Å². The van der Waals surface area contributed by atoms with Crippen LogP contribution >= 0.6 is 34.8 Å². The van der Waals surface area contributed by atoms with Crippen LogP contribution in [0.1, 0.15) is 37.8 Å². The zero-order chi connectivity index (χ0) is 22.7. The number of carbonyl (C=O) groups excluding carboxylic acids is 2. The van der Waals surface area contributed by atoms with Crippen molar-refractivity contribution in [2.24, 2.45) is 5.92 Å². The molecule has 0 spiro atoms. The predicted molar refractivity (Wildman–Crippen MR) is 127 cm³/mol. The second-order valence-corrected chi connectivity index (χ2v) is 8.03. The van der Waals surface area contributed by atoms with Gasteiger partial charge in [0.25, 0.3) is 0 Å². The highest BCUT2D eigenvalue weighted by atomic mass is 35.5. The monoisotopic (exact) mass is 468 g/mol. The first kappa shape index (κ1) is 26.0. The molecule has 0 heterocycles. The van der Waals surface area contributed by atoms with Gasteiger partial charge in [-0.3, -0.25) is 9.59 Å². The van der Waals surface area contributed by atoms with Crippen molar-refractivity contribution < 1.29 is 9.59 Å². The molecule has 4 nitrogen and oxygen atoms in total. The highest BCUT2D eigenvalue weighted by Gasteiger charge is 2.12. The van der Waals surface area contributed by atoms with E-state index in [1.54, 1.807) is 24.3 Å². The van der Waals surface area contributed by atoms with Gasteiger partial charge in [-0.05, 0) is 54.8 Å². The molecular formula is C23H27Cl3N2O2. The van der Waals surface area contributed by atoms with Gasteiger partial charge in [-0.25, -0.2) is 0 Å². The third kappa shape index (κ3) is 9.21. The first-order valence-corrected chi connectivity index (χ1v) is 10.7. The molecule has 7 heteroatoms. The summed E-state index contributed by atoms with van der Waals surface area (Å²) in [4.78, 5) is 22.6. The number of rotatable bonds is 7. The molecule has 0 fully saturated rings. The largest absolute Gasteiger partial charge is 0.348 e. The molecule has 0 aliphatic carbocycles. The molecule has 0 radical (unpaired) electrons. The molecule has 162 valence electrons. The van der Waals surface area contributed by atoms with Gasteiger partial charge in [-0.1, -0.05) is 73.8 Å². The summed E-state index contributed by atoms with van der Waals surface area (Å²) in [6, 6.07) is 10.8. The summed E-state index contributed by atoms with van der Waals surface area (Å²) in [5.41, 5.74) is 2.68. The van der Waals surface area contributed by atoms with Gasteiger partial charge in [-0.15, -0.1) is 0 Å². The van der Waals surface area contributed by atoms with E-state index in [1.807, 2.05) is 26.0 Å². The number of aryl methyl sites for hydroxylation is 1. The maximum absolute atomic E-state index is 11.7. The lowest BCUT2D eigenvalue weighted by Crippen LogP contribution is -2.20. The standard InChI is InChI=1S/C13H18ClNO.C10H9Cl2NO/c1-4-5-10(3)13(16)15-11-7-6-9(2)12(14)8-11;1-2-10(14)13-6-7-3-4-8(11)9(12)5-7/h6-8,10H,4-5H2,1-3H3,(H,15,16);2-5H,1,6H2,(H,13,14). The first-order chi connectivity index (χ1) is 14.2. The van der Waals surface area contributed by atoms with Crippen LogP contribution in [0, 0.1) is 12.8 Å². The molecule has 2 aromatic rings. The topological polar surface area (TPSA) is 58.2 Å². The normalized spacial score (nSPS) is 11.0. The predicted octanol–water partition coefficient (Wildman–Crippen LogP) is 6.82. The minimum absolute atomic E-state index is 0.0464. The Balaban J connectivity index is 0.000000303. The maximum atomic E-state index is 11.7. The second-order valence-electron chi connectivity index (χ2n) is 6.81. The average Bonchev–Trinajstić information content (AvgIpc) is 2.72. The van der Waals surface area contributed by atoms with E-state index < -0.39 is 0 Å². The van der Waals surface area contributed by atoms with E-state index in [0.717, 1.165) is 29.7 Å². The van der Waals surface area contributed by atoms with E-state index in [0.29, 0.717) is 21.6 Å². The summed E-state index contributed by atoms with van der Waals surface area (Å²) in [5.74, 6) is -0.108. The number of nitrogens with one attached hydrogen (secondary N) is 2. The van der Waals surface area contributed by atoms with Crippen LogP contribution in [0.25, 0.3) is 0 Å². The Bertz CT molecular complexity index is 885. The van der Waals surface area contributed by atoms with Gasteiger partial charge in [0.2, 0.25) is 11.8 Å². The van der Waals surface area contributed by atoms with Crippen molar-refractivity contribution in [3.63, 3.8) is 0 Å². The van der Waals surface area contributed by atoms with Crippen molar-refractivity contribution in [3.8, 4) is 0 Å². The fraction of sp³-hybridized carbons (Fsp3) is 0.304. The molecule has 0 aliphatic rings. The zero-order valence-corrected chi connectivity index (χ0v) is 19.7. The molecule has 0 saturated carbocycles. The Morgan fingerprint density at radius 3 is 2.33 bits per heavy atom. The zero-order valence-electron chi connectivity index (χ0n) is 17.4. The van der Waals surface area contributed by atoms with Crippen molar-refractivity contribution in [2.75, 3.05) is 5.32 Å². The molecule has 0 aromatic heterocycles. The number of anilines is 1. The summed E-state index contributed by atoms with van der Waals surface area (Å²) in [5, 5.41) is 7.18. The van der Waals surface area contributed by atoms with E-state index in [2.05, 4.69) is 24.1 Å². The van der Waals surface area contributed by atoms with Gasteiger partial charge < -0.3 is 10.6 Å². The lowest BCUT2D eigenvalue weighted by Gasteiger charge is -2.11. The molecular weight excluding hydrogens is 443 g/mol. The maximum Gasteiger partial charge on any atom is 0.243 e. The molecule has 2 N–H and O–H groups in total. The summed E-state index contributed by atoms with van der Waals surface area (Å²) in [6.45, 7) is 9.72. The number of amides is 2. The number of hydrogen-bond acceptors (Lipinski definition) is 2. The van der Waals surface area contributed by atoms with Crippen LogP contribution in [0.5, 0.6) is 0 Å². The molecule has 0 aliphatic heterocycles. The van der Waals surface area contributed by atoms with E-state index in [4.69, 9.17) is 34.8 Å². The van der Waals surface area contributed by atoms with Crippen molar-refractivity contribution in [3.05, 3.63) is 75.2 Å². The van der Waals surface area contributed by atoms with Gasteiger partial charge in [0.05, 0.1) is 10.0 Å². The number of hydrogen-bond donors (Lipinski definition) is 2. The van der Waals surface area contributed by atoms with Gasteiger partial charge in [-0.2, -0.15) is 0 Å².